The average Bonchev–Trinajstić information content (AvgIpc) is 2.41. The minimum Gasteiger partial charge on any atom is -0.376 e. The van der Waals surface area contributed by atoms with Gasteiger partial charge >= 0.3 is 0 Å². The van der Waals surface area contributed by atoms with Gasteiger partial charge in [0.1, 0.15) is 0 Å². The van der Waals surface area contributed by atoms with Gasteiger partial charge in [-0.1, -0.05) is 0 Å². The fourth-order valence-corrected chi connectivity index (χ4v) is 2.72. The maximum absolute atomic E-state index is 13.1. The van der Waals surface area contributed by atoms with Gasteiger partial charge in [0.15, 0.2) is 5.11 Å². The van der Waals surface area contributed by atoms with E-state index in [9.17, 15) is 8.78 Å². The number of hydrogen-bond donors (Lipinski definition) is 2. The van der Waals surface area contributed by atoms with Crippen LogP contribution in [-0.4, -0.2) is 17.1 Å². The SMILES string of the molecule is NC(=S)NC1CC2CC1CC2(F)F. The Bertz CT molecular complexity index is 244. The summed E-state index contributed by atoms with van der Waals surface area (Å²) in [5, 5.41) is 3.11. The van der Waals surface area contributed by atoms with Gasteiger partial charge in [0.25, 0.3) is 5.92 Å². The summed E-state index contributed by atoms with van der Waals surface area (Å²) < 4.78 is 26.1. The van der Waals surface area contributed by atoms with E-state index in [-0.39, 0.29) is 23.5 Å². The molecule has 0 saturated heterocycles. The lowest BCUT2D eigenvalue weighted by molar-refractivity contribution is -0.0554. The topological polar surface area (TPSA) is 38.0 Å². The first-order valence-corrected chi connectivity index (χ1v) is 4.83. The molecule has 0 amide bonds. The molecule has 3 N–H and O–H groups in total. The fraction of sp³-hybridized carbons (Fsp3) is 0.875. The van der Waals surface area contributed by atoms with Crippen molar-refractivity contribution in [2.75, 3.05) is 0 Å². The van der Waals surface area contributed by atoms with E-state index in [0.717, 1.165) is 0 Å². The Kier molecular flexibility index (Phi) is 1.94. The van der Waals surface area contributed by atoms with Crippen molar-refractivity contribution in [2.45, 2.75) is 31.2 Å². The third kappa shape index (κ3) is 1.49. The van der Waals surface area contributed by atoms with Crippen molar-refractivity contribution in [3.8, 4) is 0 Å². The highest BCUT2D eigenvalue weighted by Crippen LogP contribution is 2.53. The number of thiocarbonyl (C=S) groups is 1. The molecule has 2 saturated carbocycles. The quantitative estimate of drug-likeness (QED) is 0.634. The van der Waals surface area contributed by atoms with E-state index in [0.29, 0.717) is 12.8 Å². The van der Waals surface area contributed by atoms with E-state index in [4.69, 9.17) is 5.73 Å². The number of alkyl halides is 2. The van der Waals surface area contributed by atoms with Crippen molar-refractivity contribution >= 4 is 17.3 Å². The fourth-order valence-electron chi connectivity index (χ4n) is 2.57. The molecule has 0 aromatic carbocycles. The van der Waals surface area contributed by atoms with E-state index < -0.39 is 11.8 Å². The molecule has 2 fully saturated rings. The Hall–Kier alpha value is -0.450. The van der Waals surface area contributed by atoms with Crippen molar-refractivity contribution < 1.29 is 8.78 Å². The minimum atomic E-state index is -2.45. The van der Waals surface area contributed by atoms with Crippen LogP contribution in [0.4, 0.5) is 8.78 Å². The molecule has 0 aliphatic heterocycles. The van der Waals surface area contributed by atoms with Gasteiger partial charge in [-0.05, 0) is 31.0 Å². The third-order valence-electron chi connectivity index (χ3n) is 3.15. The molecule has 3 atom stereocenters. The Morgan fingerprint density at radius 3 is 2.54 bits per heavy atom. The monoisotopic (exact) mass is 206 g/mol. The van der Waals surface area contributed by atoms with Crippen LogP contribution in [-0.2, 0) is 0 Å². The van der Waals surface area contributed by atoms with Crippen LogP contribution < -0.4 is 11.1 Å². The second kappa shape index (κ2) is 2.77. The number of hydrogen-bond acceptors (Lipinski definition) is 1. The van der Waals surface area contributed by atoms with Crippen LogP contribution in [0.5, 0.6) is 0 Å². The van der Waals surface area contributed by atoms with Crippen molar-refractivity contribution in [3.05, 3.63) is 0 Å². The van der Waals surface area contributed by atoms with Crippen LogP contribution in [0.3, 0.4) is 0 Å². The Morgan fingerprint density at radius 1 is 1.46 bits per heavy atom. The Labute approximate surface area is 80.9 Å². The summed E-state index contributed by atoms with van der Waals surface area (Å²) in [6.07, 6.45) is 1.13. The van der Waals surface area contributed by atoms with Crippen molar-refractivity contribution in [1.82, 2.24) is 5.32 Å². The molecule has 3 unspecified atom stereocenters. The molecule has 0 spiro atoms. The number of nitrogens with two attached hydrogens (primary N) is 1. The number of nitrogens with one attached hydrogen (secondary N) is 1. The molecule has 0 aromatic rings. The lowest BCUT2D eigenvalue weighted by Gasteiger charge is -2.28. The van der Waals surface area contributed by atoms with Crippen molar-refractivity contribution in [2.24, 2.45) is 17.6 Å². The van der Waals surface area contributed by atoms with E-state index >= 15 is 0 Å². The summed E-state index contributed by atoms with van der Waals surface area (Å²) in [6, 6.07) is 0.0853. The minimum absolute atomic E-state index is 0.00204. The maximum Gasteiger partial charge on any atom is 0.251 e. The van der Waals surface area contributed by atoms with E-state index in [1.807, 2.05) is 0 Å². The van der Waals surface area contributed by atoms with Gasteiger partial charge in [0, 0.05) is 18.4 Å². The molecule has 2 nitrogen and oxygen atoms in total. The first-order valence-electron chi connectivity index (χ1n) is 4.43. The zero-order valence-electron chi connectivity index (χ0n) is 7.09. The highest BCUT2D eigenvalue weighted by Gasteiger charge is 2.56. The lowest BCUT2D eigenvalue weighted by atomic mass is 9.92. The van der Waals surface area contributed by atoms with Gasteiger partial charge in [-0.2, -0.15) is 0 Å². The van der Waals surface area contributed by atoms with Crippen LogP contribution in [0.1, 0.15) is 19.3 Å². The molecular weight excluding hydrogens is 194 g/mol. The molecular formula is C8H12F2N2S. The van der Waals surface area contributed by atoms with Gasteiger partial charge in [-0.3, -0.25) is 0 Å². The number of halogens is 2. The predicted octanol–water partition coefficient (Wildman–Crippen LogP) is 1.25. The van der Waals surface area contributed by atoms with Gasteiger partial charge in [-0.25, -0.2) is 8.78 Å². The van der Waals surface area contributed by atoms with Gasteiger partial charge in [-0.15, -0.1) is 0 Å². The van der Waals surface area contributed by atoms with Crippen molar-refractivity contribution in [3.63, 3.8) is 0 Å². The Balaban J connectivity index is 1.99. The third-order valence-corrected chi connectivity index (χ3v) is 3.27. The number of rotatable bonds is 1. The van der Waals surface area contributed by atoms with Crippen LogP contribution in [0.25, 0.3) is 0 Å². The molecule has 0 aromatic heterocycles. The second-order valence-corrected chi connectivity index (χ2v) is 4.45. The highest BCUT2D eigenvalue weighted by atomic mass is 32.1. The summed E-state index contributed by atoms with van der Waals surface area (Å²) in [6.45, 7) is 0. The molecule has 2 aliphatic rings. The van der Waals surface area contributed by atoms with Crippen LogP contribution in [0.15, 0.2) is 0 Å². The summed E-state index contributed by atoms with van der Waals surface area (Å²) in [4.78, 5) is 0. The molecule has 2 aliphatic carbocycles. The molecule has 74 valence electrons. The normalized spacial score (nSPS) is 40.6. The van der Waals surface area contributed by atoms with Crippen LogP contribution in [0.2, 0.25) is 0 Å². The summed E-state index contributed by atoms with van der Waals surface area (Å²) in [7, 11) is 0. The Morgan fingerprint density at radius 2 is 2.15 bits per heavy atom. The predicted molar refractivity (Wildman–Crippen MR) is 49.5 cm³/mol. The van der Waals surface area contributed by atoms with Gasteiger partial charge in [0.05, 0.1) is 0 Å². The average molecular weight is 206 g/mol. The smallest absolute Gasteiger partial charge is 0.251 e. The van der Waals surface area contributed by atoms with Gasteiger partial charge < -0.3 is 11.1 Å². The second-order valence-electron chi connectivity index (χ2n) is 4.01. The van der Waals surface area contributed by atoms with E-state index in [1.165, 1.54) is 0 Å². The maximum atomic E-state index is 13.1. The molecule has 0 heterocycles. The number of fused-ring (bicyclic) bond motifs is 2. The summed E-state index contributed by atoms with van der Waals surface area (Å²) in [5.41, 5.74) is 5.30. The molecule has 2 bridgehead atoms. The summed E-state index contributed by atoms with van der Waals surface area (Å²) in [5.74, 6) is -2.84. The first kappa shape index (κ1) is 9.12. The molecule has 0 radical (unpaired) electrons. The molecule has 5 heteroatoms. The zero-order chi connectivity index (χ0) is 9.64. The van der Waals surface area contributed by atoms with E-state index in [1.54, 1.807) is 0 Å². The van der Waals surface area contributed by atoms with Crippen LogP contribution in [0, 0.1) is 11.8 Å². The van der Waals surface area contributed by atoms with Crippen LogP contribution >= 0.6 is 12.2 Å². The van der Waals surface area contributed by atoms with E-state index in [2.05, 4.69) is 17.5 Å². The zero-order valence-corrected chi connectivity index (χ0v) is 7.91. The largest absolute Gasteiger partial charge is 0.376 e. The highest BCUT2D eigenvalue weighted by molar-refractivity contribution is 7.80. The summed E-state index contributed by atoms with van der Waals surface area (Å²) >= 11 is 4.68. The lowest BCUT2D eigenvalue weighted by Crippen LogP contribution is -2.44. The van der Waals surface area contributed by atoms with Gasteiger partial charge in [0.2, 0.25) is 0 Å². The molecule has 2 rings (SSSR count). The molecule has 13 heavy (non-hydrogen) atoms. The first-order chi connectivity index (χ1) is 5.99. The van der Waals surface area contributed by atoms with Crippen molar-refractivity contribution in [1.29, 1.82) is 0 Å². The standard InChI is InChI=1S/C8H12F2N2S/c9-8(10)3-4-1-5(8)2-6(4)12-7(11)13/h4-6H,1-3H2,(H3,11,12,13).